The van der Waals surface area contributed by atoms with Gasteiger partial charge in [-0.1, -0.05) is 13.8 Å². The van der Waals surface area contributed by atoms with Gasteiger partial charge in [0.05, 0.1) is 0 Å². The molecule has 1 rings (SSSR count). The zero-order chi connectivity index (χ0) is 11.3. The number of amides is 1. The number of carbonyl (C=O) groups is 1. The van der Waals surface area contributed by atoms with Crippen LogP contribution in [0.15, 0.2) is 0 Å². The second-order valence-corrected chi connectivity index (χ2v) is 4.57. The Labute approximate surface area is 91.5 Å². The zero-order valence-electron chi connectivity index (χ0n) is 9.66. The molecule has 0 aromatic rings. The highest BCUT2D eigenvalue weighted by atomic mass is 16.5. The van der Waals surface area contributed by atoms with Crippen LogP contribution in [0.3, 0.4) is 0 Å². The molecule has 0 aliphatic carbocycles. The van der Waals surface area contributed by atoms with Gasteiger partial charge < -0.3 is 15.8 Å². The molecule has 88 valence electrons. The summed E-state index contributed by atoms with van der Waals surface area (Å²) in [4.78, 5) is 11.6. The van der Waals surface area contributed by atoms with Crippen LogP contribution in [-0.4, -0.2) is 31.2 Å². The highest BCUT2D eigenvalue weighted by Gasteiger charge is 2.18. The normalized spacial score (nSPS) is 20.3. The van der Waals surface area contributed by atoms with Crippen molar-refractivity contribution in [2.45, 2.75) is 45.2 Å². The van der Waals surface area contributed by atoms with E-state index >= 15 is 0 Å². The lowest BCUT2D eigenvalue weighted by Gasteiger charge is -2.24. The van der Waals surface area contributed by atoms with Crippen LogP contribution in [0.25, 0.3) is 0 Å². The first-order chi connectivity index (χ1) is 7.09. The number of hydrogen-bond acceptors (Lipinski definition) is 3. The van der Waals surface area contributed by atoms with Gasteiger partial charge in [-0.15, -0.1) is 0 Å². The molecule has 0 aromatic carbocycles. The monoisotopic (exact) mass is 214 g/mol. The summed E-state index contributed by atoms with van der Waals surface area (Å²) < 4.78 is 5.22. The van der Waals surface area contributed by atoms with Gasteiger partial charge in [-0.2, -0.15) is 0 Å². The molecular formula is C11H22N2O2. The van der Waals surface area contributed by atoms with Gasteiger partial charge in [0.15, 0.2) is 0 Å². The first-order valence-corrected chi connectivity index (χ1v) is 5.72. The van der Waals surface area contributed by atoms with Gasteiger partial charge >= 0.3 is 0 Å². The Kier molecular flexibility index (Phi) is 5.05. The third-order valence-corrected chi connectivity index (χ3v) is 2.86. The summed E-state index contributed by atoms with van der Waals surface area (Å²) >= 11 is 0. The lowest BCUT2D eigenvalue weighted by Crippen LogP contribution is -2.42. The summed E-state index contributed by atoms with van der Waals surface area (Å²) in [5.41, 5.74) is 5.84. The smallest absolute Gasteiger partial charge is 0.221 e. The van der Waals surface area contributed by atoms with Crippen LogP contribution in [-0.2, 0) is 9.53 Å². The van der Waals surface area contributed by atoms with Crippen molar-refractivity contribution >= 4 is 5.91 Å². The van der Waals surface area contributed by atoms with Crippen molar-refractivity contribution in [3.63, 3.8) is 0 Å². The fourth-order valence-electron chi connectivity index (χ4n) is 1.58. The van der Waals surface area contributed by atoms with E-state index in [1.165, 1.54) is 0 Å². The first-order valence-electron chi connectivity index (χ1n) is 5.72. The lowest BCUT2D eigenvalue weighted by atomic mass is 10.0. The average Bonchev–Trinajstić information content (AvgIpc) is 2.18. The third-order valence-electron chi connectivity index (χ3n) is 2.86. The van der Waals surface area contributed by atoms with Crippen molar-refractivity contribution in [3.05, 3.63) is 0 Å². The molecule has 3 N–H and O–H groups in total. The number of ether oxygens (including phenoxy) is 1. The van der Waals surface area contributed by atoms with Gasteiger partial charge in [0.25, 0.3) is 0 Å². The summed E-state index contributed by atoms with van der Waals surface area (Å²) in [6.07, 6.45) is 2.26. The van der Waals surface area contributed by atoms with Crippen molar-refractivity contribution in [2.75, 3.05) is 13.2 Å². The first kappa shape index (κ1) is 12.5. The van der Waals surface area contributed by atoms with E-state index in [2.05, 4.69) is 5.32 Å². The minimum atomic E-state index is -0.0372. The van der Waals surface area contributed by atoms with Crippen molar-refractivity contribution in [1.29, 1.82) is 0 Å². The van der Waals surface area contributed by atoms with Crippen LogP contribution in [0.2, 0.25) is 0 Å². The molecule has 15 heavy (non-hydrogen) atoms. The molecule has 0 spiro atoms. The van der Waals surface area contributed by atoms with Gasteiger partial charge in [0, 0.05) is 31.7 Å². The Morgan fingerprint density at radius 3 is 2.60 bits per heavy atom. The van der Waals surface area contributed by atoms with Crippen molar-refractivity contribution in [2.24, 2.45) is 11.7 Å². The zero-order valence-corrected chi connectivity index (χ0v) is 9.66. The molecule has 1 unspecified atom stereocenters. The van der Waals surface area contributed by atoms with Crippen LogP contribution in [0.4, 0.5) is 0 Å². The predicted molar refractivity (Wildman–Crippen MR) is 59.4 cm³/mol. The molecule has 0 saturated carbocycles. The Morgan fingerprint density at radius 2 is 2.07 bits per heavy atom. The Morgan fingerprint density at radius 1 is 1.47 bits per heavy atom. The molecule has 1 fully saturated rings. The topological polar surface area (TPSA) is 64.4 Å². The van der Waals surface area contributed by atoms with Crippen molar-refractivity contribution < 1.29 is 9.53 Å². The van der Waals surface area contributed by atoms with Gasteiger partial charge in [-0.25, -0.2) is 0 Å². The molecule has 1 aliphatic rings. The molecular weight excluding hydrogens is 192 g/mol. The van der Waals surface area contributed by atoms with E-state index < -0.39 is 0 Å². The Bertz CT molecular complexity index is 201. The Balaban J connectivity index is 2.22. The minimum Gasteiger partial charge on any atom is -0.381 e. The van der Waals surface area contributed by atoms with Crippen molar-refractivity contribution in [3.8, 4) is 0 Å². The SMILES string of the molecule is CC(C)C(N)CC(=O)NC1CCOCC1. The summed E-state index contributed by atoms with van der Waals surface area (Å²) in [6.45, 7) is 5.57. The molecule has 1 atom stereocenters. The van der Waals surface area contributed by atoms with Gasteiger partial charge in [0.2, 0.25) is 5.91 Å². The highest BCUT2D eigenvalue weighted by Crippen LogP contribution is 2.08. The van der Waals surface area contributed by atoms with E-state index in [-0.39, 0.29) is 18.0 Å². The van der Waals surface area contributed by atoms with E-state index in [1.54, 1.807) is 0 Å². The van der Waals surface area contributed by atoms with Crippen LogP contribution in [0, 0.1) is 5.92 Å². The third kappa shape index (κ3) is 4.62. The molecule has 0 radical (unpaired) electrons. The molecule has 1 saturated heterocycles. The van der Waals surface area contributed by atoms with E-state index in [1.807, 2.05) is 13.8 Å². The fraction of sp³-hybridized carbons (Fsp3) is 0.909. The summed E-state index contributed by atoms with van der Waals surface area (Å²) in [5.74, 6) is 0.425. The maximum Gasteiger partial charge on any atom is 0.221 e. The van der Waals surface area contributed by atoms with Crippen LogP contribution in [0.5, 0.6) is 0 Å². The molecule has 1 amide bonds. The molecule has 1 heterocycles. The van der Waals surface area contributed by atoms with E-state index in [9.17, 15) is 4.79 Å². The van der Waals surface area contributed by atoms with E-state index in [0.717, 1.165) is 26.1 Å². The molecule has 4 heteroatoms. The maximum absolute atomic E-state index is 11.6. The highest BCUT2D eigenvalue weighted by molar-refractivity contribution is 5.76. The maximum atomic E-state index is 11.6. The number of nitrogens with two attached hydrogens (primary N) is 1. The van der Waals surface area contributed by atoms with Crippen molar-refractivity contribution in [1.82, 2.24) is 5.32 Å². The Hall–Kier alpha value is -0.610. The number of carbonyl (C=O) groups excluding carboxylic acids is 1. The second-order valence-electron chi connectivity index (χ2n) is 4.57. The minimum absolute atomic E-state index is 0.0372. The van der Waals surface area contributed by atoms with Crippen LogP contribution < -0.4 is 11.1 Å². The molecule has 4 nitrogen and oxygen atoms in total. The number of rotatable bonds is 4. The number of hydrogen-bond donors (Lipinski definition) is 2. The summed E-state index contributed by atoms with van der Waals surface area (Å²) in [6, 6.07) is 0.246. The van der Waals surface area contributed by atoms with Crippen LogP contribution >= 0.6 is 0 Å². The lowest BCUT2D eigenvalue weighted by molar-refractivity contribution is -0.122. The predicted octanol–water partition coefficient (Wildman–Crippen LogP) is 0.655. The summed E-state index contributed by atoms with van der Waals surface area (Å²) in [7, 11) is 0. The second kappa shape index (κ2) is 6.08. The standard InChI is InChI=1S/C11H22N2O2/c1-8(2)10(12)7-11(14)13-9-3-5-15-6-4-9/h8-10H,3-7,12H2,1-2H3,(H,13,14). The van der Waals surface area contributed by atoms with Crippen LogP contribution in [0.1, 0.15) is 33.1 Å². The number of nitrogens with one attached hydrogen (secondary N) is 1. The van der Waals surface area contributed by atoms with Gasteiger partial charge in [0.1, 0.15) is 0 Å². The largest absolute Gasteiger partial charge is 0.381 e. The molecule has 1 aliphatic heterocycles. The van der Waals surface area contributed by atoms with E-state index in [0.29, 0.717) is 12.3 Å². The fourth-order valence-corrected chi connectivity index (χ4v) is 1.58. The quantitative estimate of drug-likeness (QED) is 0.722. The van der Waals surface area contributed by atoms with Gasteiger partial charge in [-0.3, -0.25) is 4.79 Å². The van der Waals surface area contributed by atoms with E-state index in [4.69, 9.17) is 10.5 Å². The average molecular weight is 214 g/mol. The molecule has 0 bridgehead atoms. The summed E-state index contributed by atoms with van der Waals surface area (Å²) in [5, 5.41) is 3.01. The van der Waals surface area contributed by atoms with Gasteiger partial charge in [-0.05, 0) is 18.8 Å². The molecule has 0 aromatic heterocycles.